The zero-order chi connectivity index (χ0) is 14.1. The third-order valence-corrected chi connectivity index (χ3v) is 5.80. The maximum atomic E-state index is 3.82. The number of nitrogens with zero attached hydrogens (tertiary/aromatic N) is 1. The maximum absolute atomic E-state index is 3.82. The summed E-state index contributed by atoms with van der Waals surface area (Å²) in [6.07, 6.45) is 8.79. The molecule has 2 saturated carbocycles. The molecule has 0 aromatic heterocycles. The van der Waals surface area contributed by atoms with E-state index in [0.29, 0.717) is 6.04 Å². The summed E-state index contributed by atoms with van der Waals surface area (Å²) < 4.78 is 0. The molecule has 1 N–H and O–H groups in total. The molecule has 2 heteroatoms. The highest BCUT2D eigenvalue weighted by molar-refractivity contribution is 5.20. The van der Waals surface area contributed by atoms with Gasteiger partial charge in [-0.25, -0.2) is 0 Å². The molecule has 114 valence electrons. The van der Waals surface area contributed by atoms with Crippen LogP contribution in [0.25, 0.3) is 0 Å². The fourth-order valence-electron chi connectivity index (χ4n) is 4.42. The number of piperazine rings is 1. The van der Waals surface area contributed by atoms with Crippen LogP contribution < -0.4 is 5.32 Å². The standard InChI is InChI=1S/C19H28N2/c1-2-8-16(9-3-1)18-14-21(13-15-6-4-5-7-15)19(12-20-18)17-10-11-17/h1-3,8-9,15,17-20H,4-7,10-14H2. The molecule has 3 aliphatic rings. The average Bonchev–Trinajstić information content (AvgIpc) is 3.25. The molecule has 2 aliphatic carbocycles. The lowest BCUT2D eigenvalue weighted by Gasteiger charge is -2.42. The fraction of sp³-hybridized carbons (Fsp3) is 0.684. The molecule has 0 spiro atoms. The number of hydrogen-bond acceptors (Lipinski definition) is 2. The van der Waals surface area contributed by atoms with E-state index < -0.39 is 0 Å². The Bertz CT molecular complexity index is 448. The smallest absolute Gasteiger partial charge is 0.0449 e. The van der Waals surface area contributed by atoms with Gasteiger partial charge in [-0.05, 0) is 43.1 Å². The maximum Gasteiger partial charge on any atom is 0.0449 e. The van der Waals surface area contributed by atoms with Crippen LogP contribution in [0, 0.1) is 11.8 Å². The highest BCUT2D eigenvalue weighted by Crippen LogP contribution is 2.38. The van der Waals surface area contributed by atoms with Gasteiger partial charge in [-0.1, -0.05) is 43.2 Å². The minimum absolute atomic E-state index is 0.530. The first-order valence-electron chi connectivity index (χ1n) is 8.92. The molecule has 1 aromatic rings. The van der Waals surface area contributed by atoms with Crippen LogP contribution in [0.15, 0.2) is 30.3 Å². The first kappa shape index (κ1) is 13.8. The molecule has 0 bridgehead atoms. The second kappa shape index (κ2) is 6.10. The molecular formula is C19H28N2. The van der Waals surface area contributed by atoms with E-state index in [1.54, 1.807) is 0 Å². The van der Waals surface area contributed by atoms with Crippen molar-refractivity contribution in [3.05, 3.63) is 35.9 Å². The third kappa shape index (κ3) is 3.17. The van der Waals surface area contributed by atoms with E-state index >= 15 is 0 Å². The van der Waals surface area contributed by atoms with Gasteiger partial charge in [0, 0.05) is 31.7 Å². The Hall–Kier alpha value is -0.860. The minimum Gasteiger partial charge on any atom is -0.307 e. The Morgan fingerprint density at radius 2 is 1.76 bits per heavy atom. The highest BCUT2D eigenvalue weighted by Gasteiger charge is 2.39. The summed E-state index contributed by atoms with van der Waals surface area (Å²) in [7, 11) is 0. The molecule has 1 saturated heterocycles. The van der Waals surface area contributed by atoms with Gasteiger partial charge in [0.25, 0.3) is 0 Å². The number of nitrogens with one attached hydrogen (secondary N) is 1. The highest BCUT2D eigenvalue weighted by atomic mass is 15.2. The van der Waals surface area contributed by atoms with Crippen molar-refractivity contribution in [2.24, 2.45) is 11.8 Å². The van der Waals surface area contributed by atoms with Crippen LogP contribution in [0.2, 0.25) is 0 Å². The normalized spacial score (nSPS) is 31.6. The third-order valence-electron chi connectivity index (χ3n) is 5.80. The molecule has 1 aromatic carbocycles. The molecule has 2 nitrogen and oxygen atoms in total. The predicted octanol–water partition coefficient (Wildman–Crippen LogP) is 3.60. The van der Waals surface area contributed by atoms with Crippen LogP contribution in [0.3, 0.4) is 0 Å². The zero-order valence-corrected chi connectivity index (χ0v) is 13.0. The predicted molar refractivity (Wildman–Crippen MR) is 87.2 cm³/mol. The Kier molecular flexibility index (Phi) is 4.00. The molecule has 3 fully saturated rings. The Morgan fingerprint density at radius 3 is 2.48 bits per heavy atom. The van der Waals surface area contributed by atoms with Crippen molar-refractivity contribution in [1.82, 2.24) is 10.2 Å². The molecule has 1 heterocycles. The van der Waals surface area contributed by atoms with E-state index in [1.165, 1.54) is 63.7 Å². The summed E-state index contributed by atoms with van der Waals surface area (Å²) in [5, 5.41) is 3.82. The monoisotopic (exact) mass is 284 g/mol. The topological polar surface area (TPSA) is 15.3 Å². The summed E-state index contributed by atoms with van der Waals surface area (Å²) >= 11 is 0. The Labute approximate surface area is 128 Å². The lowest BCUT2D eigenvalue weighted by molar-refractivity contribution is 0.0966. The molecule has 0 radical (unpaired) electrons. The van der Waals surface area contributed by atoms with Crippen molar-refractivity contribution in [1.29, 1.82) is 0 Å². The summed E-state index contributed by atoms with van der Waals surface area (Å²) in [6.45, 7) is 3.75. The van der Waals surface area contributed by atoms with E-state index in [1.807, 2.05) is 0 Å². The molecule has 2 atom stereocenters. The van der Waals surface area contributed by atoms with Gasteiger partial charge in [0.2, 0.25) is 0 Å². The van der Waals surface area contributed by atoms with E-state index in [2.05, 4.69) is 40.5 Å². The first-order valence-corrected chi connectivity index (χ1v) is 8.92. The van der Waals surface area contributed by atoms with Gasteiger partial charge in [-0.3, -0.25) is 4.90 Å². The fourth-order valence-corrected chi connectivity index (χ4v) is 4.42. The van der Waals surface area contributed by atoms with Gasteiger partial charge in [-0.15, -0.1) is 0 Å². The molecule has 4 rings (SSSR count). The van der Waals surface area contributed by atoms with Gasteiger partial charge in [0.05, 0.1) is 0 Å². The van der Waals surface area contributed by atoms with Gasteiger partial charge < -0.3 is 5.32 Å². The second-order valence-corrected chi connectivity index (χ2v) is 7.38. The average molecular weight is 284 g/mol. The van der Waals surface area contributed by atoms with Gasteiger partial charge >= 0.3 is 0 Å². The van der Waals surface area contributed by atoms with Crippen LogP contribution in [0.5, 0.6) is 0 Å². The summed E-state index contributed by atoms with van der Waals surface area (Å²) in [4.78, 5) is 2.85. The zero-order valence-electron chi connectivity index (χ0n) is 13.0. The van der Waals surface area contributed by atoms with Crippen molar-refractivity contribution in [2.75, 3.05) is 19.6 Å². The lowest BCUT2D eigenvalue weighted by Crippen LogP contribution is -2.54. The van der Waals surface area contributed by atoms with E-state index in [4.69, 9.17) is 0 Å². The van der Waals surface area contributed by atoms with Crippen LogP contribution in [-0.4, -0.2) is 30.6 Å². The lowest BCUT2D eigenvalue weighted by atomic mass is 9.97. The van der Waals surface area contributed by atoms with Crippen LogP contribution in [0.1, 0.15) is 50.1 Å². The summed E-state index contributed by atoms with van der Waals surface area (Å²) in [6, 6.07) is 12.4. The molecule has 2 unspecified atom stereocenters. The van der Waals surface area contributed by atoms with Gasteiger partial charge in [-0.2, -0.15) is 0 Å². The Morgan fingerprint density at radius 1 is 1.00 bits per heavy atom. The first-order chi connectivity index (χ1) is 10.4. The Balaban J connectivity index is 1.46. The van der Waals surface area contributed by atoms with E-state index in [9.17, 15) is 0 Å². The SMILES string of the molecule is c1ccc(C2CN(CC3CCCC3)C(C3CC3)CN2)cc1. The molecule has 21 heavy (non-hydrogen) atoms. The quantitative estimate of drug-likeness (QED) is 0.909. The van der Waals surface area contributed by atoms with Crippen molar-refractivity contribution >= 4 is 0 Å². The van der Waals surface area contributed by atoms with Gasteiger partial charge in [0.15, 0.2) is 0 Å². The van der Waals surface area contributed by atoms with Crippen LogP contribution in [0.4, 0.5) is 0 Å². The van der Waals surface area contributed by atoms with E-state index in [0.717, 1.165) is 17.9 Å². The van der Waals surface area contributed by atoms with Gasteiger partial charge in [0.1, 0.15) is 0 Å². The summed E-state index contributed by atoms with van der Waals surface area (Å²) in [5.41, 5.74) is 1.46. The van der Waals surface area contributed by atoms with Crippen molar-refractivity contribution in [3.8, 4) is 0 Å². The second-order valence-electron chi connectivity index (χ2n) is 7.38. The molecular weight excluding hydrogens is 256 g/mol. The molecule has 0 amide bonds. The number of hydrogen-bond donors (Lipinski definition) is 1. The van der Waals surface area contributed by atoms with Crippen molar-refractivity contribution in [3.63, 3.8) is 0 Å². The van der Waals surface area contributed by atoms with E-state index in [-0.39, 0.29) is 0 Å². The number of benzene rings is 1. The van der Waals surface area contributed by atoms with Crippen LogP contribution >= 0.6 is 0 Å². The summed E-state index contributed by atoms with van der Waals surface area (Å²) in [5.74, 6) is 1.95. The van der Waals surface area contributed by atoms with Crippen LogP contribution in [-0.2, 0) is 0 Å². The van der Waals surface area contributed by atoms with Crippen molar-refractivity contribution in [2.45, 2.75) is 50.6 Å². The molecule has 1 aliphatic heterocycles. The number of rotatable bonds is 4. The minimum atomic E-state index is 0.530. The van der Waals surface area contributed by atoms with Crippen molar-refractivity contribution < 1.29 is 0 Å². The largest absolute Gasteiger partial charge is 0.307 e.